The average molecular weight is 427 g/mol. The van der Waals surface area contributed by atoms with Gasteiger partial charge in [0, 0.05) is 5.56 Å². The molecule has 2 aromatic carbocycles. The zero-order chi connectivity index (χ0) is 21.1. The van der Waals surface area contributed by atoms with Crippen molar-refractivity contribution in [2.45, 2.75) is 23.6 Å². The van der Waals surface area contributed by atoms with E-state index >= 15 is 0 Å². The fraction of sp³-hybridized carbons (Fsp3) is 0.227. The second-order valence-corrected chi connectivity index (χ2v) is 8.93. The maximum Gasteiger partial charge on any atom is 0.287 e. The lowest BCUT2D eigenvalue weighted by atomic mass is 10.1. The number of fused-ring (bicyclic) bond motifs is 1. The molecule has 7 nitrogen and oxygen atoms in total. The van der Waals surface area contributed by atoms with Gasteiger partial charge in [-0.3, -0.25) is 4.79 Å². The summed E-state index contributed by atoms with van der Waals surface area (Å²) in [5.74, 6) is 0.476. The predicted molar refractivity (Wildman–Crippen MR) is 109 cm³/mol. The Balaban J connectivity index is 1.49. The second-order valence-electron chi connectivity index (χ2n) is 6.95. The van der Waals surface area contributed by atoms with E-state index in [0.717, 1.165) is 5.56 Å². The summed E-state index contributed by atoms with van der Waals surface area (Å²) in [5, 5.41) is 2.85. The monoisotopic (exact) mass is 427 g/mol. The van der Waals surface area contributed by atoms with Crippen LogP contribution in [0.25, 0.3) is 0 Å². The second kappa shape index (κ2) is 8.23. The zero-order valence-corrected chi connectivity index (χ0v) is 17.1. The summed E-state index contributed by atoms with van der Waals surface area (Å²) in [6.07, 6.45) is 1.32. The highest BCUT2D eigenvalue weighted by atomic mass is 32.2. The normalized spacial score (nSPS) is 14.2. The van der Waals surface area contributed by atoms with Gasteiger partial charge in [-0.2, -0.15) is 0 Å². The number of sulfone groups is 1. The van der Waals surface area contributed by atoms with Crippen molar-refractivity contribution in [2.24, 2.45) is 0 Å². The number of amides is 1. The Morgan fingerprint density at radius 2 is 1.77 bits per heavy atom. The molecule has 30 heavy (non-hydrogen) atoms. The number of nitrogens with one attached hydrogen (secondary N) is 1. The van der Waals surface area contributed by atoms with Crippen molar-refractivity contribution in [3.8, 4) is 11.5 Å². The van der Waals surface area contributed by atoms with Gasteiger partial charge >= 0.3 is 0 Å². The van der Waals surface area contributed by atoms with E-state index in [1.54, 1.807) is 24.3 Å². The molecule has 0 bridgehead atoms. The molecular weight excluding hydrogens is 406 g/mol. The van der Waals surface area contributed by atoms with Gasteiger partial charge in [-0.15, -0.1) is 0 Å². The molecule has 3 aromatic rings. The number of hydrogen-bond acceptors (Lipinski definition) is 6. The molecule has 4 rings (SSSR count). The van der Waals surface area contributed by atoms with Gasteiger partial charge in [0.1, 0.15) is 13.2 Å². The SMILES string of the molecule is CC(NC(=O)c1occc1CS(=O)(=O)c1ccccc1)c1ccc2c(c1)OCCO2. The van der Waals surface area contributed by atoms with Crippen LogP contribution >= 0.6 is 0 Å². The van der Waals surface area contributed by atoms with Crippen molar-refractivity contribution in [2.75, 3.05) is 13.2 Å². The highest BCUT2D eigenvalue weighted by molar-refractivity contribution is 7.90. The van der Waals surface area contributed by atoms with Crippen LogP contribution in [-0.4, -0.2) is 27.5 Å². The first-order valence-corrected chi connectivity index (χ1v) is 11.1. The molecule has 0 spiro atoms. The number of hydrogen-bond donors (Lipinski definition) is 1. The van der Waals surface area contributed by atoms with Gasteiger partial charge in [0.25, 0.3) is 5.91 Å². The minimum Gasteiger partial charge on any atom is -0.486 e. The number of carbonyl (C=O) groups excluding carboxylic acids is 1. The molecule has 0 saturated carbocycles. The highest BCUT2D eigenvalue weighted by Gasteiger charge is 2.24. The van der Waals surface area contributed by atoms with E-state index in [2.05, 4.69) is 5.32 Å². The fourth-order valence-corrected chi connectivity index (χ4v) is 4.61. The van der Waals surface area contributed by atoms with Gasteiger partial charge in [-0.05, 0) is 42.8 Å². The van der Waals surface area contributed by atoms with Crippen LogP contribution in [0, 0.1) is 0 Å². The molecule has 0 aliphatic carbocycles. The van der Waals surface area contributed by atoms with Gasteiger partial charge in [-0.25, -0.2) is 8.42 Å². The van der Waals surface area contributed by atoms with Crippen molar-refractivity contribution in [1.29, 1.82) is 0 Å². The summed E-state index contributed by atoms with van der Waals surface area (Å²) in [7, 11) is -3.60. The first kappa shape index (κ1) is 20.0. The summed E-state index contributed by atoms with van der Waals surface area (Å²) in [6, 6.07) is 14.7. The van der Waals surface area contributed by atoms with E-state index in [0.29, 0.717) is 30.3 Å². The Morgan fingerprint density at radius 1 is 1.03 bits per heavy atom. The van der Waals surface area contributed by atoms with E-state index in [4.69, 9.17) is 13.9 Å². The molecule has 1 aromatic heterocycles. The lowest BCUT2D eigenvalue weighted by Crippen LogP contribution is -2.27. The number of rotatable bonds is 6. The Bertz CT molecular complexity index is 1150. The fourth-order valence-electron chi connectivity index (χ4n) is 3.24. The summed E-state index contributed by atoms with van der Waals surface area (Å²) >= 11 is 0. The van der Waals surface area contributed by atoms with Crippen LogP contribution in [0.15, 0.2) is 70.2 Å². The van der Waals surface area contributed by atoms with Crippen molar-refractivity contribution >= 4 is 15.7 Å². The van der Waals surface area contributed by atoms with Gasteiger partial charge in [-0.1, -0.05) is 24.3 Å². The van der Waals surface area contributed by atoms with Crippen molar-refractivity contribution in [3.63, 3.8) is 0 Å². The molecular formula is C22H21NO6S. The molecule has 156 valence electrons. The lowest BCUT2D eigenvalue weighted by Gasteiger charge is -2.21. The molecule has 0 fully saturated rings. The molecule has 1 amide bonds. The number of furan rings is 1. The minimum atomic E-state index is -3.60. The smallest absolute Gasteiger partial charge is 0.287 e. The summed E-state index contributed by atoms with van der Waals surface area (Å²) in [5.41, 5.74) is 1.14. The van der Waals surface area contributed by atoms with Crippen molar-refractivity contribution in [3.05, 3.63) is 77.7 Å². The van der Waals surface area contributed by atoms with Crippen LogP contribution < -0.4 is 14.8 Å². The Hall–Kier alpha value is -3.26. The van der Waals surface area contributed by atoms with Crippen molar-refractivity contribution in [1.82, 2.24) is 5.32 Å². The number of carbonyl (C=O) groups is 1. The molecule has 1 N–H and O–H groups in total. The van der Waals surface area contributed by atoms with Crippen LogP contribution in [0.2, 0.25) is 0 Å². The van der Waals surface area contributed by atoms with E-state index < -0.39 is 15.7 Å². The minimum absolute atomic E-state index is 0.0149. The van der Waals surface area contributed by atoms with Gasteiger partial charge in [0.15, 0.2) is 27.1 Å². The maximum atomic E-state index is 12.8. The molecule has 1 atom stereocenters. The summed E-state index contributed by atoms with van der Waals surface area (Å²) in [6.45, 7) is 2.81. The van der Waals surface area contributed by atoms with Crippen LogP contribution in [-0.2, 0) is 15.6 Å². The van der Waals surface area contributed by atoms with Crippen LogP contribution in [0.1, 0.15) is 34.6 Å². The van der Waals surface area contributed by atoms with E-state index in [1.165, 1.54) is 24.5 Å². The standard InChI is InChI=1S/C22H21NO6S/c1-15(16-7-8-19-20(13-16)28-12-11-27-19)23-22(24)21-17(9-10-29-21)14-30(25,26)18-5-3-2-4-6-18/h2-10,13,15H,11-12,14H2,1H3,(H,23,24). The molecule has 8 heteroatoms. The Labute approximate surface area is 174 Å². The largest absolute Gasteiger partial charge is 0.486 e. The van der Waals surface area contributed by atoms with Gasteiger partial charge < -0.3 is 19.2 Å². The first-order chi connectivity index (χ1) is 14.4. The average Bonchev–Trinajstić information content (AvgIpc) is 3.21. The third kappa shape index (κ3) is 4.18. The first-order valence-electron chi connectivity index (χ1n) is 9.48. The molecule has 1 unspecified atom stereocenters. The van der Waals surface area contributed by atoms with E-state index in [1.807, 2.05) is 19.1 Å². The van der Waals surface area contributed by atoms with Crippen molar-refractivity contribution < 1.29 is 27.1 Å². The van der Waals surface area contributed by atoms with Gasteiger partial charge in [0.05, 0.1) is 23.0 Å². The van der Waals surface area contributed by atoms with Crippen LogP contribution in [0.3, 0.4) is 0 Å². The molecule has 1 aliphatic heterocycles. The Kier molecular flexibility index (Phi) is 5.50. The molecule has 2 heterocycles. The quantitative estimate of drug-likeness (QED) is 0.647. The Morgan fingerprint density at radius 3 is 2.53 bits per heavy atom. The van der Waals surface area contributed by atoms with E-state index in [-0.39, 0.29) is 22.5 Å². The third-order valence-corrected chi connectivity index (χ3v) is 6.50. The van der Waals surface area contributed by atoms with Crippen LogP contribution in [0.5, 0.6) is 11.5 Å². The lowest BCUT2D eigenvalue weighted by molar-refractivity contribution is 0.0910. The maximum absolute atomic E-state index is 12.8. The van der Waals surface area contributed by atoms with Gasteiger partial charge in [0.2, 0.25) is 0 Å². The molecule has 0 radical (unpaired) electrons. The number of benzene rings is 2. The summed E-state index contributed by atoms with van der Waals surface area (Å²) < 4.78 is 41.7. The highest BCUT2D eigenvalue weighted by Crippen LogP contribution is 2.32. The van der Waals surface area contributed by atoms with Crippen LogP contribution in [0.4, 0.5) is 0 Å². The predicted octanol–water partition coefficient (Wildman–Crippen LogP) is 3.52. The topological polar surface area (TPSA) is 94.8 Å². The van der Waals surface area contributed by atoms with E-state index in [9.17, 15) is 13.2 Å². The molecule has 1 aliphatic rings. The third-order valence-electron chi connectivity index (χ3n) is 4.81. The molecule has 0 saturated heterocycles. The summed E-state index contributed by atoms with van der Waals surface area (Å²) in [4.78, 5) is 13.0. The number of ether oxygens (including phenoxy) is 2. The zero-order valence-electron chi connectivity index (χ0n) is 16.3.